The lowest BCUT2D eigenvalue weighted by Gasteiger charge is -2.07. The molecule has 0 aliphatic heterocycles. The highest BCUT2D eigenvalue weighted by Crippen LogP contribution is 2.19. The lowest BCUT2D eigenvalue weighted by atomic mass is 10.2. The van der Waals surface area contributed by atoms with Gasteiger partial charge in [0.15, 0.2) is 5.13 Å². The summed E-state index contributed by atoms with van der Waals surface area (Å²) in [7, 11) is 0. The predicted molar refractivity (Wildman–Crippen MR) is 77.5 cm³/mol. The summed E-state index contributed by atoms with van der Waals surface area (Å²) in [6.07, 6.45) is 1.74. The first-order valence-electron chi connectivity index (χ1n) is 5.68. The summed E-state index contributed by atoms with van der Waals surface area (Å²) in [5.74, 6) is 0.620. The van der Waals surface area contributed by atoms with Crippen LogP contribution in [0.2, 0.25) is 5.02 Å². The van der Waals surface area contributed by atoms with Gasteiger partial charge in [-0.3, -0.25) is 4.79 Å². The summed E-state index contributed by atoms with van der Waals surface area (Å²) < 4.78 is 1.52. The van der Waals surface area contributed by atoms with E-state index in [4.69, 9.17) is 11.6 Å². The van der Waals surface area contributed by atoms with Crippen molar-refractivity contribution >= 4 is 33.8 Å². The number of benzene rings is 1. The van der Waals surface area contributed by atoms with Crippen LogP contribution in [0.5, 0.6) is 0 Å². The van der Waals surface area contributed by atoms with Gasteiger partial charge in [-0.2, -0.15) is 0 Å². The zero-order chi connectivity index (χ0) is 13.6. The van der Waals surface area contributed by atoms with Crippen molar-refractivity contribution in [2.45, 2.75) is 13.8 Å². The van der Waals surface area contributed by atoms with Crippen LogP contribution in [0.3, 0.4) is 0 Å². The molecule has 96 valence electrons. The van der Waals surface area contributed by atoms with Crippen LogP contribution >= 0.6 is 22.9 Å². The number of nitrogens with zero attached hydrogens (tertiary/aromatic N) is 3. The number of fused-ring (bicyclic) bond motifs is 1. The molecule has 4 nitrogen and oxygen atoms in total. The van der Waals surface area contributed by atoms with Gasteiger partial charge in [0.05, 0.1) is 10.9 Å². The van der Waals surface area contributed by atoms with Crippen molar-refractivity contribution in [3.63, 3.8) is 0 Å². The number of halogens is 1. The molecule has 0 N–H and O–H groups in total. The Morgan fingerprint density at radius 1 is 1.32 bits per heavy atom. The maximum Gasteiger partial charge on any atom is 0.267 e. The van der Waals surface area contributed by atoms with Crippen molar-refractivity contribution in [3.05, 3.63) is 50.5 Å². The molecule has 3 rings (SSSR count). The molecule has 0 saturated heterocycles. The molecule has 0 amide bonds. The molecule has 6 heteroatoms. The fourth-order valence-corrected chi connectivity index (χ4v) is 2.92. The first-order chi connectivity index (χ1) is 9.06. The summed E-state index contributed by atoms with van der Waals surface area (Å²) in [6, 6.07) is 5.12. The molecule has 1 aromatic carbocycles. The van der Waals surface area contributed by atoms with E-state index in [-0.39, 0.29) is 5.56 Å². The van der Waals surface area contributed by atoms with E-state index in [1.807, 2.05) is 6.92 Å². The van der Waals surface area contributed by atoms with Gasteiger partial charge in [-0.25, -0.2) is 14.5 Å². The fraction of sp³-hybridized carbons (Fsp3) is 0.154. The van der Waals surface area contributed by atoms with Crippen molar-refractivity contribution in [1.29, 1.82) is 0 Å². The highest BCUT2D eigenvalue weighted by molar-refractivity contribution is 7.14. The number of rotatable bonds is 1. The Labute approximate surface area is 118 Å². The second-order valence-electron chi connectivity index (χ2n) is 4.21. The molecule has 2 aromatic heterocycles. The lowest BCUT2D eigenvalue weighted by Crippen LogP contribution is -2.22. The van der Waals surface area contributed by atoms with Crippen LogP contribution in [0.4, 0.5) is 0 Å². The van der Waals surface area contributed by atoms with E-state index in [9.17, 15) is 4.79 Å². The average Bonchev–Trinajstić information content (AvgIpc) is 2.77. The van der Waals surface area contributed by atoms with Gasteiger partial charge in [0, 0.05) is 16.1 Å². The molecule has 19 heavy (non-hydrogen) atoms. The molecular weight excluding hydrogens is 282 g/mol. The molecule has 0 aliphatic carbocycles. The fourth-order valence-electron chi connectivity index (χ4n) is 1.94. The van der Waals surface area contributed by atoms with Crippen LogP contribution in [0.25, 0.3) is 16.0 Å². The topological polar surface area (TPSA) is 47.8 Å². The van der Waals surface area contributed by atoms with Gasteiger partial charge in [0.2, 0.25) is 0 Å². The van der Waals surface area contributed by atoms with E-state index in [1.54, 1.807) is 31.3 Å². The molecule has 0 atom stereocenters. The number of thiazole rings is 1. The van der Waals surface area contributed by atoms with Crippen molar-refractivity contribution in [3.8, 4) is 5.13 Å². The highest BCUT2D eigenvalue weighted by Gasteiger charge is 2.12. The molecule has 3 aromatic rings. The molecule has 0 bridgehead atoms. The largest absolute Gasteiger partial charge is 0.268 e. The number of aromatic nitrogens is 3. The maximum absolute atomic E-state index is 12.5. The third-order valence-electron chi connectivity index (χ3n) is 2.80. The minimum absolute atomic E-state index is 0.139. The monoisotopic (exact) mass is 291 g/mol. The normalized spacial score (nSPS) is 11.1. The third-order valence-corrected chi connectivity index (χ3v) is 3.93. The van der Waals surface area contributed by atoms with Gasteiger partial charge < -0.3 is 0 Å². The maximum atomic E-state index is 12.5. The summed E-state index contributed by atoms with van der Waals surface area (Å²) in [6.45, 7) is 3.75. The van der Waals surface area contributed by atoms with Gasteiger partial charge in [0.25, 0.3) is 5.56 Å². The van der Waals surface area contributed by atoms with Gasteiger partial charge in [-0.15, -0.1) is 11.3 Å². The predicted octanol–water partition coefficient (Wildman–Crippen LogP) is 3.11. The van der Waals surface area contributed by atoms with Crippen molar-refractivity contribution in [2.75, 3.05) is 0 Å². The summed E-state index contributed by atoms with van der Waals surface area (Å²) in [5, 5.41) is 1.66. The van der Waals surface area contributed by atoms with Crippen LogP contribution in [0.15, 0.2) is 29.2 Å². The zero-order valence-corrected chi connectivity index (χ0v) is 11.9. The number of aryl methyl sites for hydroxylation is 2. The van der Waals surface area contributed by atoms with E-state index < -0.39 is 0 Å². The molecule has 0 fully saturated rings. The lowest BCUT2D eigenvalue weighted by molar-refractivity contribution is 0.884. The third kappa shape index (κ3) is 2.05. The first-order valence-corrected chi connectivity index (χ1v) is 6.87. The SMILES string of the molecule is Cc1cnc(-n2c(C)nc3ccc(Cl)cc3c2=O)s1. The second-order valence-corrected chi connectivity index (χ2v) is 5.86. The summed E-state index contributed by atoms with van der Waals surface area (Å²) in [4.78, 5) is 22.3. The van der Waals surface area contributed by atoms with E-state index in [0.29, 0.717) is 26.9 Å². The highest BCUT2D eigenvalue weighted by atomic mass is 35.5. The Hall–Kier alpha value is -1.72. The van der Waals surface area contributed by atoms with Crippen LogP contribution in [0.1, 0.15) is 10.7 Å². The first kappa shape index (κ1) is 12.3. The van der Waals surface area contributed by atoms with Crippen molar-refractivity contribution in [1.82, 2.24) is 14.5 Å². The zero-order valence-electron chi connectivity index (χ0n) is 10.3. The Morgan fingerprint density at radius 3 is 2.79 bits per heavy atom. The minimum Gasteiger partial charge on any atom is -0.268 e. The van der Waals surface area contributed by atoms with Crippen molar-refractivity contribution in [2.24, 2.45) is 0 Å². The molecule has 0 radical (unpaired) electrons. The van der Waals surface area contributed by atoms with Gasteiger partial charge in [-0.1, -0.05) is 11.6 Å². The van der Waals surface area contributed by atoms with Crippen LogP contribution < -0.4 is 5.56 Å². The Balaban J connectivity index is 2.40. The molecule has 0 aliphatic rings. The van der Waals surface area contributed by atoms with Gasteiger partial charge >= 0.3 is 0 Å². The van der Waals surface area contributed by atoms with Crippen molar-refractivity contribution < 1.29 is 0 Å². The van der Waals surface area contributed by atoms with Gasteiger partial charge in [-0.05, 0) is 32.0 Å². The minimum atomic E-state index is -0.139. The quantitative estimate of drug-likeness (QED) is 0.692. The Bertz CT molecular complexity index is 838. The standard InChI is InChI=1S/C13H10ClN3OS/c1-7-6-15-13(19-7)17-8(2)16-11-4-3-9(14)5-10(11)12(17)18/h3-6H,1-2H3. The Morgan fingerprint density at radius 2 is 2.11 bits per heavy atom. The molecule has 0 unspecified atom stereocenters. The molecule has 0 spiro atoms. The van der Waals surface area contributed by atoms with Crippen LogP contribution in [0, 0.1) is 13.8 Å². The van der Waals surface area contributed by atoms with E-state index in [1.165, 1.54) is 15.9 Å². The number of hydrogen-bond acceptors (Lipinski definition) is 4. The summed E-state index contributed by atoms with van der Waals surface area (Å²) in [5.41, 5.74) is 0.510. The van der Waals surface area contributed by atoms with E-state index >= 15 is 0 Å². The average molecular weight is 292 g/mol. The summed E-state index contributed by atoms with van der Waals surface area (Å²) >= 11 is 7.40. The Kier molecular flexibility index (Phi) is 2.88. The smallest absolute Gasteiger partial charge is 0.267 e. The molecule has 0 saturated carbocycles. The molecular formula is C13H10ClN3OS. The van der Waals surface area contributed by atoms with E-state index in [0.717, 1.165) is 4.88 Å². The molecule has 2 heterocycles. The second kappa shape index (κ2) is 4.43. The van der Waals surface area contributed by atoms with Crippen LogP contribution in [-0.4, -0.2) is 14.5 Å². The number of hydrogen-bond donors (Lipinski definition) is 0. The van der Waals surface area contributed by atoms with E-state index in [2.05, 4.69) is 9.97 Å². The van der Waals surface area contributed by atoms with Gasteiger partial charge in [0.1, 0.15) is 5.82 Å². The van der Waals surface area contributed by atoms with Crippen LogP contribution in [-0.2, 0) is 0 Å².